The maximum absolute atomic E-state index is 12.3. The second-order valence-electron chi connectivity index (χ2n) is 5.66. The van der Waals surface area contributed by atoms with E-state index in [4.69, 9.17) is 0 Å². The predicted molar refractivity (Wildman–Crippen MR) is 77.1 cm³/mol. The minimum absolute atomic E-state index is 0.241. The van der Waals surface area contributed by atoms with Gasteiger partial charge in [-0.15, -0.1) is 0 Å². The number of carbonyl (C=O) groups excluding carboxylic acids is 1. The predicted octanol–water partition coefficient (Wildman–Crippen LogP) is 1.71. The summed E-state index contributed by atoms with van der Waals surface area (Å²) >= 11 is 0. The molecule has 21 heavy (non-hydrogen) atoms. The molecule has 2 heterocycles. The average Bonchev–Trinajstić information content (AvgIpc) is 2.66. The monoisotopic (exact) mass is 295 g/mol. The Kier molecular flexibility index (Phi) is 3.80. The molecule has 0 saturated heterocycles. The highest BCUT2D eigenvalue weighted by molar-refractivity contribution is 5.98. The number of amides is 1. The van der Waals surface area contributed by atoms with Crippen molar-refractivity contribution >= 4 is 11.6 Å². The van der Waals surface area contributed by atoms with Gasteiger partial charge in [0.05, 0.1) is 6.54 Å². The van der Waals surface area contributed by atoms with Gasteiger partial charge in [-0.2, -0.15) is 0 Å². The Bertz CT molecular complexity index is 562. The number of halogens is 2. The lowest BCUT2D eigenvalue weighted by Crippen LogP contribution is -2.29. The van der Waals surface area contributed by atoms with Crippen LogP contribution in [0.25, 0.3) is 0 Å². The van der Waals surface area contributed by atoms with Crippen LogP contribution >= 0.6 is 0 Å². The summed E-state index contributed by atoms with van der Waals surface area (Å²) in [5.41, 5.74) is 3.84. The minimum atomic E-state index is -2.53. The van der Waals surface area contributed by atoms with Crippen molar-refractivity contribution in [2.24, 2.45) is 0 Å². The maximum atomic E-state index is 12.3. The number of anilines is 1. The molecule has 1 atom stereocenters. The largest absolute Gasteiger partial charge is 0.369 e. The van der Waals surface area contributed by atoms with Crippen LogP contribution in [0, 0.1) is 0 Å². The van der Waals surface area contributed by atoms with Crippen LogP contribution in [0.1, 0.15) is 34.3 Å². The number of rotatable bonds is 3. The van der Waals surface area contributed by atoms with E-state index in [1.165, 1.54) is 5.56 Å². The number of nitrogens with one attached hydrogen (secondary N) is 2. The summed E-state index contributed by atoms with van der Waals surface area (Å²) in [6.07, 6.45) is -2.53. The molecule has 3 rings (SSSR count). The van der Waals surface area contributed by atoms with Crippen molar-refractivity contribution in [3.8, 4) is 0 Å². The third-order valence-corrected chi connectivity index (χ3v) is 4.14. The van der Waals surface area contributed by atoms with Gasteiger partial charge < -0.3 is 15.5 Å². The van der Waals surface area contributed by atoms with E-state index in [1.54, 1.807) is 6.07 Å². The molecule has 0 radical (unpaired) electrons. The third kappa shape index (κ3) is 2.60. The first kappa shape index (κ1) is 14.3. The van der Waals surface area contributed by atoms with Gasteiger partial charge in [0.15, 0.2) is 0 Å². The second-order valence-corrected chi connectivity index (χ2v) is 5.66. The Morgan fingerprint density at radius 1 is 1.52 bits per heavy atom. The molecule has 6 heteroatoms. The molecule has 2 aliphatic rings. The Morgan fingerprint density at radius 2 is 2.33 bits per heavy atom. The molecule has 2 N–H and O–H groups in total. The molecule has 1 unspecified atom stereocenters. The Morgan fingerprint density at radius 3 is 3.10 bits per heavy atom. The van der Waals surface area contributed by atoms with Gasteiger partial charge in [0.1, 0.15) is 0 Å². The fourth-order valence-electron chi connectivity index (χ4n) is 3.28. The average molecular weight is 295 g/mol. The van der Waals surface area contributed by atoms with E-state index in [0.29, 0.717) is 5.56 Å². The number of hydrogen-bond acceptors (Lipinski definition) is 3. The van der Waals surface area contributed by atoms with Gasteiger partial charge in [-0.1, -0.05) is 13.0 Å². The first-order chi connectivity index (χ1) is 10.1. The number of hydrogen-bond donors (Lipinski definition) is 2. The summed E-state index contributed by atoms with van der Waals surface area (Å²) < 4.78 is 24.5. The second kappa shape index (κ2) is 5.60. The van der Waals surface area contributed by atoms with Crippen LogP contribution in [0.15, 0.2) is 12.1 Å². The lowest BCUT2D eigenvalue weighted by Gasteiger charge is -2.19. The zero-order valence-corrected chi connectivity index (χ0v) is 12.0. The van der Waals surface area contributed by atoms with Gasteiger partial charge in [0.2, 0.25) is 0 Å². The molecule has 4 nitrogen and oxygen atoms in total. The Hall–Kier alpha value is -1.69. The van der Waals surface area contributed by atoms with Gasteiger partial charge in [-0.25, -0.2) is 8.78 Å². The summed E-state index contributed by atoms with van der Waals surface area (Å²) in [5, 5.41) is 5.67. The van der Waals surface area contributed by atoms with Crippen molar-refractivity contribution in [3.63, 3.8) is 0 Å². The summed E-state index contributed by atoms with van der Waals surface area (Å²) in [4.78, 5) is 14.5. The number of nitrogens with zero attached hydrogens (tertiary/aromatic N) is 1. The first-order valence-electron chi connectivity index (χ1n) is 7.25. The molecule has 0 aliphatic carbocycles. The highest BCUT2D eigenvalue weighted by Gasteiger charge is 2.33. The molecule has 0 fully saturated rings. The van der Waals surface area contributed by atoms with Crippen LogP contribution in [0.3, 0.4) is 0 Å². The van der Waals surface area contributed by atoms with Crippen molar-refractivity contribution in [2.75, 3.05) is 31.1 Å². The van der Waals surface area contributed by atoms with Crippen LogP contribution in [0.5, 0.6) is 0 Å². The first-order valence-corrected chi connectivity index (χ1v) is 7.25. The van der Waals surface area contributed by atoms with Crippen LogP contribution in [-0.2, 0) is 6.54 Å². The van der Waals surface area contributed by atoms with E-state index >= 15 is 0 Å². The minimum Gasteiger partial charge on any atom is -0.369 e. The van der Waals surface area contributed by atoms with Crippen molar-refractivity contribution < 1.29 is 13.6 Å². The highest BCUT2D eigenvalue weighted by Crippen LogP contribution is 2.41. The molecular weight excluding hydrogens is 276 g/mol. The van der Waals surface area contributed by atoms with Gasteiger partial charge in [0.25, 0.3) is 12.3 Å². The van der Waals surface area contributed by atoms with E-state index in [-0.39, 0.29) is 5.92 Å². The molecule has 1 amide bonds. The molecule has 0 aromatic heterocycles. The highest BCUT2D eigenvalue weighted by atomic mass is 19.3. The van der Waals surface area contributed by atoms with Crippen molar-refractivity contribution in [1.82, 2.24) is 10.6 Å². The molecular formula is C15H19F2N3O. The van der Waals surface area contributed by atoms with Gasteiger partial charge in [0, 0.05) is 43.3 Å². The summed E-state index contributed by atoms with van der Waals surface area (Å²) in [7, 11) is 0. The maximum Gasteiger partial charge on any atom is 0.255 e. The summed E-state index contributed by atoms with van der Waals surface area (Å²) in [6, 6.07) is 3.70. The fourth-order valence-corrected chi connectivity index (χ4v) is 3.28. The van der Waals surface area contributed by atoms with Gasteiger partial charge >= 0.3 is 0 Å². The van der Waals surface area contributed by atoms with Crippen LogP contribution in [0.2, 0.25) is 0 Å². The van der Waals surface area contributed by atoms with Crippen LogP contribution < -0.4 is 15.5 Å². The topological polar surface area (TPSA) is 44.4 Å². The third-order valence-electron chi connectivity index (χ3n) is 4.14. The Labute approximate surface area is 122 Å². The van der Waals surface area contributed by atoms with Gasteiger partial charge in [-0.3, -0.25) is 4.79 Å². The zero-order valence-electron chi connectivity index (χ0n) is 12.0. The van der Waals surface area contributed by atoms with Crippen molar-refractivity contribution in [2.45, 2.75) is 25.8 Å². The lowest BCUT2D eigenvalue weighted by atomic mass is 9.94. The number of benzene rings is 1. The molecule has 1 aromatic rings. The van der Waals surface area contributed by atoms with Crippen molar-refractivity contribution in [3.05, 3.63) is 28.8 Å². The van der Waals surface area contributed by atoms with E-state index in [1.807, 2.05) is 6.07 Å². The standard InChI is InChI=1S/C15H19F2N3O/c1-9-8-20-5-4-18-6-10-2-3-11(13(9)14(10)20)15(21)19-7-12(16)17/h2-3,9,12,18H,4-8H2,1H3,(H,19,21). The van der Waals surface area contributed by atoms with Crippen molar-refractivity contribution in [1.29, 1.82) is 0 Å². The zero-order chi connectivity index (χ0) is 15.0. The Balaban J connectivity index is 1.97. The van der Waals surface area contributed by atoms with E-state index in [2.05, 4.69) is 22.5 Å². The van der Waals surface area contributed by atoms with Gasteiger partial charge in [-0.05, 0) is 17.2 Å². The molecule has 2 aliphatic heterocycles. The van der Waals surface area contributed by atoms with Crippen LogP contribution in [-0.4, -0.2) is 38.5 Å². The molecule has 0 bridgehead atoms. The fraction of sp³-hybridized carbons (Fsp3) is 0.533. The molecule has 114 valence electrons. The summed E-state index contributed by atoms with van der Waals surface area (Å²) in [6.45, 7) is 4.96. The molecule has 0 spiro atoms. The van der Waals surface area contributed by atoms with E-state index < -0.39 is 18.9 Å². The normalized spacial score (nSPS) is 20.4. The molecule has 0 saturated carbocycles. The quantitative estimate of drug-likeness (QED) is 0.892. The summed E-state index contributed by atoms with van der Waals surface area (Å²) in [5.74, 6) is -0.163. The lowest BCUT2D eigenvalue weighted by molar-refractivity contribution is 0.0890. The SMILES string of the molecule is CC1CN2CCNCc3ccc(C(=O)NCC(F)F)c1c32. The molecule has 1 aromatic carbocycles. The number of carbonyl (C=O) groups is 1. The smallest absolute Gasteiger partial charge is 0.255 e. The van der Waals surface area contributed by atoms with E-state index in [0.717, 1.165) is 37.4 Å². The van der Waals surface area contributed by atoms with Crippen LogP contribution in [0.4, 0.5) is 14.5 Å². The number of alkyl halides is 2. The van der Waals surface area contributed by atoms with E-state index in [9.17, 15) is 13.6 Å².